The maximum atomic E-state index is 13.5. The minimum Gasteiger partial charge on any atom is -0.480 e. The van der Waals surface area contributed by atoms with Crippen LogP contribution in [0, 0.1) is 5.92 Å². The fourth-order valence-electron chi connectivity index (χ4n) is 4.56. The number of aliphatic hydroxyl groups is 2. The van der Waals surface area contributed by atoms with E-state index in [2.05, 4.69) is 36.9 Å². The smallest absolute Gasteiger partial charge is 0.325 e. The Balaban J connectivity index is 3.04. The number of aliphatic imine (C=N–C) groups is 1. The zero-order valence-corrected chi connectivity index (χ0v) is 29.5. The van der Waals surface area contributed by atoms with Crippen molar-refractivity contribution in [3.05, 3.63) is 35.9 Å². The number of nitrogens with zero attached hydrogens (tertiary/aromatic N) is 1. The first-order valence-electron chi connectivity index (χ1n) is 16.6. The maximum absolute atomic E-state index is 13.5. The highest BCUT2D eigenvalue weighted by Crippen LogP contribution is 2.08. The van der Waals surface area contributed by atoms with Gasteiger partial charge in [-0.1, -0.05) is 44.2 Å². The second kappa shape index (κ2) is 23.2. The van der Waals surface area contributed by atoms with Gasteiger partial charge in [0.25, 0.3) is 0 Å². The number of hydrogen-bond acceptors (Lipinski definition) is 11. The molecule has 0 spiro atoms. The fourth-order valence-corrected chi connectivity index (χ4v) is 4.56. The molecular formula is C32H52N10O10. The molecule has 52 heavy (non-hydrogen) atoms. The van der Waals surface area contributed by atoms with E-state index in [1.165, 1.54) is 6.92 Å². The Hall–Kier alpha value is -5.34. The van der Waals surface area contributed by atoms with Crippen molar-refractivity contribution < 1.29 is 48.9 Å². The van der Waals surface area contributed by atoms with Gasteiger partial charge >= 0.3 is 5.97 Å². The molecule has 1 aromatic rings. The molecule has 6 amide bonds. The molecule has 1 aromatic carbocycles. The van der Waals surface area contributed by atoms with Crippen molar-refractivity contribution in [2.75, 3.05) is 26.3 Å². The monoisotopic (exact) mass is 736 g/mol. The molecule has 0 aliphatic carbocycles. The topological polar surface area (TPSA) is 343 Å². The standard InChI is InChI=1S/C32H52N10O10/c1-17(2)12-22(27(47)37-14-25(45)38-18(3)31(51)52)40-28(48)21(10-7-11-36-32(34)35)39-29(49)24(16-44)42-30(50)23(15-43)41-26(46)20(33)13-19-8-5-4-6-9-19/h4-6,8-9,17-18,20-24,43-44H,7,10-16,33H2,1-3H3,(H,37,47)(H,38,45)(H,39,49)(H,40,48)(H,41,46)(H,42,50)(H,51,52)(H4,34,35,36). The van der Waals surface area contributed by atoms with Crippen LogP contribution >= 0.6 is 0 Å². The second-order valence-electron chi connectivity index (χ2n) is 12.3. The Kier molecular flexibility index (Phi) is 19.9. The predicted molar refractivity (Wildman–Crippen MR) is 188 cm³/mol. The highest BCUT2D eigenvalue weighted by molar-refractivity contribution is 5.96. The number of amides is 6. The van der Waals surface area contributed by atoms with Gasteiger partial charge in [0.15, 0.2) is 5.96 Å². The number of carboxylic acid groups (broad SMARTS) is 1. The van der Waals surface area contributed by atoms with Crippen molar-refractivity contribution in [1.82, 2.24) is 31.9 Å². The number of nitrogens with one attached hydrogen (secondary N) is 6. The zero-order chi connectivity index (χ0) is 39.4. The largest absolute Gasteiger partial charge is 0.480 e. The normalized spacial score (nSPS) is 14.3. The van der Waals surface area contributed by atoms with Crippen LogP contribution in [0.3, 0.4) is 0 Å². The van der Waals surface area contributed by atoms with Crippen molar-refractivity contribution in [3.63, 3.8) is 0 Å². The Bertz CT molecular complexity index is 1390. The molecule has 0 aliphatic rings. The van der Waals surface area contributed by atoms with E-state index in [9.17, 15) is 43.8 Å². The fraction of sp³-hybridized carbons (Fsp3) is 0.562. The molecule has 20 heteroatoms. The summed E-state index contributed by atoms with van der Waals surface area (Å²) in [6, 6.07) is 0.833. The Morgan fingerprint density at radius 3 is 1.77 bits per heavy atom. The van der Waals surface area contributed by atoms with Crippen molar-refractivity contribution in [2.24, 2.45) is 28.1 Å². The van der Waals surface area contributed by atoms with Crippen LogP contribution in [0.4, 0.5) is 0 Å². The highest BCUT2D eigenvalue weighted by atomic mass is 16.4. The van der Waals surface area contributed by atoms with Gasteiger partial charge in [0, 0.05) is 6.54 Å². The van der Waals surface area contributed by atoms with Gasteiger partial charge < -0.3 is 64.4 Å². The van der Waals surface area contributed by atoms with Gasteiger partial charge in [-0.05, 0) is 44.1 Å². The summed E-state index contributed by atoms with van der Waals surface area (Å²) in [6.07, 6.45) is 0.345. The van der Waals surface area contributed by atoms with Gasteiger partial charge in [-0.2, -0.15) is 0 Å². The van der Waals surface area contributed by atoms with Crippen LogP contribution in [0.2, 0.25) is 0 Å². The van der Waals surface area contributed by atoms with E-state index < -0.39 is 97.4 Å². The molecule has 15 N–H and O–H groups in total. The third-order valence-electron chi connectivity index (χ3n) is 7.36. The van der Waals surface area contributed by atoms with Gasteiger partial charge in [-0.25, -0.2) is 0 Å². The van der Waals surface area contributed by atoms with Crippen LogP contribution < -0.4 is 49.1 Å². The van der Waals surface area contributed by atoms with Crippen LogP contribution in [0.15, 0.2) is 35.3 Å². The summed E-state index contributed by atoms with van der Waals surface area (Å²) in [5.74, 6) is -6.79. The number of nitrogens with two attached hydrogens (primary N) is 3. The van der Waals surface area contributed by atoms with Crippen molar-refractivity contribution in [1.29, 1.82) is 0 Å². The quantitative estimate of drug-likeness (QED) is 0.0286. The molecule has 0 aliphatic heterocycles. The molecule has 6 unspecified atom stereocenters. The van der Waals surface area contributed by atoms with E-state index in [1.54, 1.807) is 44.2 Å². The van der Waals surface area contributed by atoms with Crippen LogP contribution in [0.25, 0.3) is 0 Å². The van der Waals surface area contributed by atoms with E-state index in [1.807, 2.05) is 0 Å². The summed E-state index contributed by atoms with van der Waals surface area (Å²) in [6.45, 7) is 2.46. The summed E-state index contributed by atoms with van der Waals surface area (Å²) in [5, 5.41) is 42.8. The first-order chi connectivity index (χ1) is 24.5. The molecule has 290 valence electrons. The molecule has 0 radical (unpaired) electrons. The third kappa shape index (κ3) is 17.1. The molecule has 0 heterocycles. The van der Waals surface area contributed by atoms with E-state index in [-0.39, 0.29) is 44.1 Å². The number of aliphatic hydroxyl groups excluding tert-OH is 2. The zero-order valence-electron chi connectivity index (χ0n) is 29.5. The minimum atomic E-state index is -1.65. The number of carbonyl (C=O) groups is 7. The van der Waals surface area contributed by atoms with Gasteiger partial charge in [-0.3, -0.25) is 38.6 Å². The number of carbonyl (C=O) groups excluding carboxylic acids is 6. The van der Waals surface area contributed by atoms with E-state index >= 15 is 0 Å². The van der Waals surface area contributed by atoms with Crippen LogP contribution in [-0.4, -0.2) is 125 Å². The first kappa shape index (κ1) is 44.7. The molecule has 1 rings (SSSR count). The first-order valence-corrected chi connectivity index (χ1v) is 16.6. The maximum Gasteiger partial charge on any atom is 0.325 e. The van der Waals surface area contributed by atoms with Gasteiger partial charge in [-0.15, -0.1) is 0 Å². The number of benzene rings is 1. The molecule has 6 atom stereocenters. The average Bonchev–Trinajstić information content (AvgIpc) is 3.08. The van der Waals surface area contributed by atoms with Gasteiger partial charge in [0.2, 0.25) is 35.4 Å². The number of guanidine groups is 1. The number of hydrogen-bond donors (Lipinski definition) is 12. The lowest BCUT2D eigenvalue weighted by Gasteiger charge is -2.26. The lowest BCUT2D eigenvalue weighted by Crippen LogP contribution is -2.60. The van der Waals surface area contributed by atoms with Crippen LogP contribution in [-0.2, 0) is 40.0 Å². The van der Waals surface area contributed by atoms with Crippen LogP contribution in [0.5, 0.6) is 0 Å². The number of carboxylic acids is 1. The second-order valence-corrected chi connectivity index (χ2v) is 12.3. The summed E-state index contributed by atoms with van der Waals surface area (Å²) >= 11 is 0. The lowest BCUT2D eigenvalue weighted by atomic mass is 10.0. The van der Waals surface area contributed by atoms with E-state index in [4.69, 9.17) is 22.3 Å². The molecule has 0 fully saturated rings. The molecule has 20 nitrogen and oxygen atoms in total. The minimum absolute atomic E-state index is 0.0617. The molecular weight excluding hydrogens is 684 g/mol. The number of aliphatic carboxylic acids is 1. The van der Waals surface area contributed by atoms with Crippen LogP contribution in [0.1, 0.15) is 45.6 Å². The highest BCUT2D eigenvalue weighted by Gasteiger charge is 2.32. The van der Waals surface area contributed by atoms with Gasteiger partial charge in [0.1, 0.15) is 30.2 Å². The van der Waals surface area contributed by atoms with Crippen molar-refractivity contribution >= 4 is 47.4 Å². The summed E-state index contributed by atoms with van der Waals surface area (Å²) in [5.41, 5.74) is 17.5. The molecule has 0 aromatic heterocycles. The molecule has 0 bridgehead atoms. The number of rotatable bonds is 23. The SMILES string of the molecule is CC(C)CC(NC(=O)C(CCCN=C(N)N)NC(=O)C(CO)NC(=O)C(CO)NC(=O)C(N)Cc1ccccc1)C(=O)NCC(=O)NC(C)C(=O)O. The van der Waals surface area contributed by atoms with Gasteiger partial charge in [0.05, 0.1) is 25.8 Å². The van der Waals surface area contributed by atoms with Crippen molar-refractivity contribution in [2.45, 2.75) is 82.7 Å². The summed E-state index contributed by atoms with van der Waals surface area (Å²) in [4.78, 5) is 92.3. The average molecular weight is 737 g/mol. The summed E-state index contributed by atoms with van der Waals surface area (Å²) in [7, 11) is 0. The predicted octanol–water partition coefficient (Wildman–Crippen LogP) is -4.71. The summed E-state index contributed by atoms with van der Waals surface area (Å²) < 4.78 is 0. The Morgan fingerprint density at radius 1 is 0.731 bits per heavy atom. The third-order valence-corrected chi connectivity index (χ3v) is 7.36. The van der Waals surface area contributed by atoms with Crippen molar-refractivity contribution in [3.8, 4) is 0 Å². The Labute approximate surface area is 301 Å². The van der Waals surface area contributed by atoms with E-state index in [0.717, 1.165) is 5.56 Å². The lowest BCUT2D eigenvalue weighted by molar-refractivity contribution is -0.141. The Morgan fingerprint density at radius 2 is 1.25 bits per heavy atom. The van der Waals surface area contributed by atoms with E-state index in [0.29, 0.717) is 0 Å². The molecule has 0 saturated carbocycles. The molecule has 0 saturated heterocycles.